The average molecular weight is 317 g/mol. The summed E-state index contributed by atoms with van der Waals surface area (Å²) in [7, 11) is 0. The quantitative estimate of drug-likeness (QED) is 0.203. The van der Waals surface area contributed by atoms with Crippen molar-refractivity contribution in [2.75, 3.05) is 26.2 Å². The van der Waals surface area contributed by atoms with Crippen molar-refractivity contribution in [3.05, 3.63) is 0 Å². The molecule has 0 aromatic heterocycles. The Morgan fingerprint density at radius 1 is 0.864 bits per heavy atom. The maximum Gasteiger partial charge on any atom is 0.338 e. The predicted octanol–water partition coefficient (Wildman–Crippen LogP) is -3.26. The number of amides is 2. The van der Waals surface area contributed by atoms with Crippen LogP contribution in [0.25, 0.3) is 0 Å². The molecule has 0 aliphatic carbocycles. The molecule has 0 aliphatic heterocycles. The molecule has 1 atom stereocenters. The Kier molecular flexibility index (Phi) is 8.42. The van der Waals surface area contributed by atoms with Gasteiger partial charge in [0.2, 0.25) is 17.4 Å². The lowest BCUT2D eigenvalue weighted by Gasteiger charge is -2.37. The van der Waals surface area contributed by atoms with Crippen molar-refractivity contribution in [2.24, 2.45) is 22.9 Å². The summed E-state index contributed by atoms with van der Waals surface area (Å²) in [6.07, 6.45) is 0.322. The average Bonchev–Trinajstić information content (AvgIpc) is 2.51. The van der Waals surface area contributed by atoms with Crippen molar-refractivity contribution in [3.8, 4) is 0 Å². The highest BCUT2D eigenvalue weighted by Gasteiger charge is 2.53. The van der Waals surface area contributed by atoms with E-state index >= 15 is 0 Å². The predicted molar refractivity (Wildman–Crippen MR) is 77.3 cm³/mol. The first-order valence-corrected chi connectivity index (χ1v) is 6.76. The molecule has 22 heavy (non-hydrogen) atoms. The van der Waals surface area contributed by atoms with E-state index in [1.807, 2.05) is 0 Å². The first-order valence-electron chi connectivity index (χ1n) is 6.76. The van der Waals surface area contributed by atoms with Gasteiger partial charge in [0.1, 0.15) is 0 Å². The van der Waals surface area contributed by atoms with Crippen LogP contribution in [0, 0.1) is 0 Å². The highest BCUT2D eigenvalue weighted by Crippen LogP contribution is 2.25. The molecule has 0 saturated carbocycles. The number of nitrogens with zero attached hydrogens (tertiary/aromatic N) is 1. The molecule has 0 saturated heterocycles. The molecule has 0 heterocycles. The second-order valence-electron chi connectivity index (χ2n) is 4.57. The number of imide groups is 1. The van der Waals surface area contributed by atoms with Crippen LogP contribution in [-0.4, -0.2) is 65.3 Å². The maximum absolute atomic E-state index is 12.2. The van der Waals surface area contributed by atoms with E-state index < -0.39 is 48.7 Å². The first-order chi connectivity index (χ1) is 10.3. The zero-order chi connectivity index (χ0) is 17.3. The van der Waals surface area contributed by atoms with Gasteiger partial charge in [0.15, 0.2) is 5.78 Å². The third-order valence-electron chi connectivity index (χ3n) is 3.22. The van der Waals surface area contributed by atoms with Gasteiger partial charge in [0, 0.05) is 0 Å². The van der Waals surface area contributed by atoms with Crippen LogP contribution in [-0.2, 0) is 19.2 Å². The van der Waals surface area contributed by atoms with Crippen LogP contribution < -0.4 is 22.9 Å². The molecular weight excluding hydrogens is 294 g/mol. The Morgan fingerprint density at radius 2 is 1.36 bits per heavy atom. The van der Waals surface area contributed by atoms with E-state index in [2.05, 4.69) is 0 Å². The molecule has 0 rings (SSSR count). The summed E-state index contributed by atoms with van der Waals surface area (Å²) < 4.78 is 0. The number of carbonyl (C=O) groups excluding carboxylic acids is 3. The molecule has 2 amide bonds. The zero-order valence-electron chi connectivity index (χ0n) is 12.3. The van der Waals surface area contributed by atoms with Gasteiger partial charge in [0.05, 0.1) is 19.6 Å². The number of hydrogen-bond donors (Lipinski definition) is 5. The molecule has 0 aromatic carbocycles. The molecule has 10 heteroatoms. The number of rotatable bonds is 10. The number of unbranched alkanes of at least 4 members (excludes halogenated alkanes) is 1. The summed E-state index contributed by atoms with van der Waals surface area (Å²) in [5.74, 6) is -4.64. The molecule has 0 fully saturated rings. The van der Waals surface area contributed by atoms with E-state index in [9.17, 15) is 24.3 Å². The Hall–Kier alpha value is -1.88. The van der Waals surface area contributed by atoms with E-state index in [1.165, 1.54) is 0 Å². The number of hydrogen-bond acceptors (Lipinski definition) is 8. The summed E-state index contributed by atoms with van der Waals surface area (Å²) >= 11 is 0. The molecule has 9 N–H and O–H groups in total. The highest BCUT2D eigenvalue weighted by molar-refractivity contribution is 6.16. The fraction of sp³-hybridized carbons (Fsp3) is 0.667. The van der Waals surface area contributed by atoms with Crippen LogP contribution in [0.4, 0.5) is 0 Å². The summed E-state index contributed by atoms with van der Waals surface area (Å²) in [6, 6.07) is 0. The van der Waals surface area contributed by atoms with Gasteiger partial charge in [-0.1, -0.05) is 0 Å². The highest BCUT2D eigenvalue weighted by atomic mass is 16.4. The van der Waals surface area contributed by atoms with Gasteiger partial charge in [-0.05, 0) is 25.8 Å². The van der Waals surface area contributed by atoms with Crippen molar-refractivity contribution < 1.29 is 24.3 Å². The Morgan fingerprint density at radius 3 is 1.68 bits per heavy atom. The van der Waals surface area contributed by atoms with E-state index in [0.29, 0.717) is 11.3 Å². The van der Waals surface area contributed by atoms with Crippen LogP contribution in [0.15, 0.2) is 0 Å². The van der Waals surface area contributed by atoms with Gasteiger partial charge in [-0.3, -0.25) is 19.3 Å². The van der Waals surface area contributed by atoms with E-state index in [0.717, 1.165) is 0 Å². The minimum Gasteiger partial charge on any atom is -0.479 e. The lowest BCUT2D eigenvalue weighted by atomic mass is 9.85. The SMILES string of the molecule is NCCCC[C@](C(=O)O)(C(=O)CN)N(C(=O)CN)C(=O)CN. The van der Waals surface area contributed by atoms with E-state index in [1.54, 1.807) is 0 Å². The lowest BCUT2D eigenvalue weighted by Crippen LogP contribution is -2.67. The zero-order valence-corrected chi connectivity index (χ0v) is 12.3. The minimum absolute atomic E-state index is 0.209. The van der Waals surface area contributed by atoms with Crippen molar-refractivity contribution in [1.29, 1.82) is 0 Å². The lowest BCUT2D eigenvalue weighted by molar-refractivity contribution is -0.170. The first kappa shape index (κ1) is 20.1. The van der Waals surface area contributed by atoms with Crippen molar-refractivity contribution in [1.82, 2.24) is 4.90 Å². The Balaban J connectivity index is 6.03. The maximum atomic E-state index is 12.2. The molecule has 0 radical (unpaired) electrons. The van der Waals surface area contributed by atoms with Gasteiger partial charge in [-0.25, -0.2) is 4.79 Å². The molecule has 0 unspecified atom stereocenters. The van der Waals surface area contributed by atoms with Crippen LogP contribution in [0.5, 0.6) is 0 Å². The fourth-order valence-corrected chi connectivity index (χ4v) is 2.14. The summed E-state index contributed by atoms with van der Waals surface area (Å²) in [6.45, 7) is -1.67. The smallest absolute Gasteiger partial charge is 0.338 e. The van der Waals surface area contributed by atoms with Crippen molar-refractivity contribution >= 4 is 23.6 Å². The minimum atomic E-state index is -2.41. The Labute approximate surface area is 127 Å². The van der Waals surface area contributed by atoms with Crippen molar-refractivity contribution in [2.45, 2.75) is 24.8 Å². The van der Waals surface area contributed by atoms with Crippen LogP contribution in [0.3, 0.4) is 0 Å². The molecule has 126 valence electrons. The van der Waals surface area contributed by atoms with Gasteiger partial charge >= 0.3 is 5.97 Å². The molecule has 0 aliphatic rings. The van der Waals surface area contributed by atoms with Gasteiger partial charge < -0.3 is 28.0 Å². The largest absolute Gasteiger partial charge is 0.479 e. The number of aliphatic carboxylic acids is 1. The second-order valence-corrected chi connectivity index (χ2v) is 4.57. The topological polar surface area (TPSA) is 196 Å². The number of ketones is 1. The summed E-state index contributed by atoms with van der Waals surface area (Å²) in [5, 5.41) is 9.55. The van der Waals surface area contributed by atoms with Crippen LogP contribution in [0.2, 0.25) is 0 Å². The molecule has 0 aromatic rings. The Bertz CT molecular complexity index is 426. The third-order valence-corrected chi connectivity index (χ3v) is 3.22. The monoisotopic (exact) mass is 317 g/mol. The van der Waals surface area contributed by atoms with Gasteiger partial charge in [-0.15, -0.1) is 0 Å². The molecule has 0 bridgehead atoms. The second kappa shape index (κ2) is 9.20. The summed E-state index contributed by atoms with van der Waals surface area (Å²) in [4.78, 5) is 48.2. The van der Waals surface area contributed by atoms with E-state index in [-0.39, 0.29) is 19.4 Å². The fourth-order valence-electron chi connectivity index (χ4n) is 2.14. The van der Waals surface area contributed by atoms with Crippen LogP contribution >= 0.6 is 0 Å². The molecular formula is C12H23N5O5. The normalized spacial score (nSPS) is 13.3. The third kappa shape index (κ3) is 4.07. The van der Waals surface area contributed by atoms with Crippen molar-refractivity contribution in [3.63, 3.8) is 0 Å². The molecule has 0 spiro atoms. The number of carbonyl (C=O) groups is 4. The number of carboxylic acids is 1. The van der Waals surface area contributed by atoms with Gasteiger partial charge in [0.25, 0.3) is 0 Å². The van der Waals surface area contributed by atoms with E-state index in [4.69, 9.17) is 22.9 Å². The number of nitrogens with two attached hydrogens (primary N) is 4. The number of carboxylic acid groups (broad SMARTS) is 1. The number of Topliss-reactive ketones (excluding diaryl/α,β-unsaturated/α-hetero) is 1. The van der Waals surface area contributed by atoms with Crippen LogP contribution in [0.1, 0.15) is 19.3 Å². The molecule has 10 nitrogen and oxygen atoms in total. The summed E-state index contributed by atoms with van der Waals surface area (Å²) in [5.41, 5.74) is 18.6. The standard InChI is InChI=1S/C12H23N5O5/c13-4-2-1-3-12(11(21)22,8(18)5-14)17(9(19)6-15)10(20)7-16/h1-7,13-16H2,(H,21,22)/t12-/m1/s1. The van der Waals surface area contributed by atoms with Gasteiger partial charge in [-0.2, -0.15) is 0 Å².